The maximum atomic E-state index is 4.62. The molecule has 0 aliphatic carbocycles. The van der Waals surface area contributed by atoms with Crippen LogP contribution in [-0.4, -0.2) is 9.55 Å². The van der Waals surface area contributed by atoms with Crippen molar-refractivity contribution in [3.05, 3.63) is 231 Å². The molecule has 2 nitrogen and oxygen atoms in total. The van der Waals surface area contributed by atoms with Crippen LogP contribution in [0, 0.1) is 0 Å². The molecular formula is C59H38N2. The van der Waals surface area contributed by atoms with Gasteiger partial charge in [0, 0.05) is 34.2 Å². The van der Waals surface area contributed by atoms with Crippen LogP contribution >= 0.6 is 0 Å². The number of hydrogen-bond donors (Lipinski definition) is 0. The molecule has 2 heteroatoms. The Hall–Kier alpha value is -8.07. The second-order valence-electron chi connectivity index (χ2n) is 15.8. The number of benzene rings is 10. The fourth-order valence-electron chi connectivity index (χ4n) is 9.80. The number of aromatic nitrogens is 2. The summed E-state index contributed by atoms with van der Waals surface area (Å²) in [6.07, 6.45) is 3.92. The van der Waals surface area contributed by atoms with Crippen molar-refractivity contribution in [3.8, 4) is 61.3 Å². The monoisotopic (exact) mass is 774 g/mol. The maximum Gasteiger partial charge on any atom is 0.0620 e. The predicted molar refractivity (Wildman–Crippen MR) is 258 cm³/mol. The summed E-state index contributed by atoms with van der Waals surface area (Å²) in [5.74, 6) is 0. The molecule has 2 heterocycles. The Labute approximate surface area is 354 Å². The van der Waals surface area contributed by atoms with Crippen molar-refractivity contribution in [2.24, 2.45) is 0 Å². The van der Waals surface area contributed by atoms with Gasteiger partial charge in [0.05, 0.1) is 11.0 Å². The van der Waals surface area contributed by atoms with E-state index >= 15 is 0 Å². The van der Waals surface area contributed by atoms with Crippen LogP contribution in [0.3, 0.4) is 0 Å². The first-order chi connectivity index (χ1) is 30.3. The number of fused-ring (bicyclic) bond motifs is 7. The first-order valence-corrected chi connectivity index (χ1v) is 20.9. The highest BCUT2D eigenvalue weighted by atomic mass is 15.0. The van der Waals surface area contributed by atoms with Gasteiger partial charge in [-0.2, -0.15) is 0 Å². The maximum absolute atomic E-state index is 4.62. The lowest BCUT2D eigenvalue weighted by molar-refractivity contribution is 1.18. The van der Waals surface area contributed by atoms with Gasteiger partial charge < -0.3 is 4.57 Å². The van der Waals surface area contributed by atoms with E-state index in [-0.39, 0.29) is 0 Å². The number of nitrogens with zero attached hydrogens (tertiary/aromatic N) is 2. The van der Waals surface area contributed by atoms with Gasteiger partial charge in [-0.15, -0.1) is 0 Å². The Kier molecular flexibility index (Phi) is 8.21. The van der Waals surface area contributed by atoms with Gasteiger partial charge in [-0.05, 0) is 119 Å². The molecule has 0 atom stereocenters. The van der Waals surface area contributed by atoms with E-state index < -0.39 is 0 Å². The molecule has 0 fully saturated rings. The quantitative estimate of drug-likeness (QED) is 0.154. The molecule has 0 unspecified atom stereocenters. The smallest absolute Gasteiger partial charge is 0.0620 e. The predicted octanol–water partition coefficient (Wildman–Crippen LogP) is 16.0. The van der Waals surface area contributed by atoms with Crippen molar-refractivity contribution in [1.29, 1.82) is 0 Å². The zero-order valence-electron chi connectivity index (χ0n) is 33.3. The minimum atomic E-state index is 1.14. The Bertz CT molecular complexity index is 3610. The molecule has 12 rings (SSSR count). The minimum absolute atomic E-state index is 1.14. The van der Waals surface area contributed by atoms with Crippen LogP contribution in [-0.2, 0) is 0 Å². The lowest BCUT2D eigenvalue weighted by Gasteiger charge is -2.20. The lowest BCUT2D eigenvalue weighted by atomic mass is 9.84. The number of rotatable bonds is 6. The van der Waals surface area contributed by atoms with Crippen molar-refractivity contribution >= 4 is 54.1 Å². The van der Waals surface area contributed by atoms with E-state index in [1.165, 1.54) is 98.9 Å². The first-order valence-electron chi connectivity index (χ1n) is 20.9. The summed E-state index contributed by atoms with van der Waals surface area (Å²) in [4.78, 5) is 4.62. The molecule has 0 radical (unpaired) electrons. The Morgan fingerprint density at radius 3 is 1.49 bits per heavy atom. The molecule has 0 bridgehead atoms. The third-order valence-electron chi connectivity index (χ3n) is 12.5. The Balaban J connectivity index is 1.12. The van der Waals surface area contributed by atoms with Crippen LogP contribution in [0.1, 0.15) is 0 Å². The van der Waals surface area contributed by atoms with Gasteiger partial charge in [-0.25, -0.2) is 0 Å². The van der Waals surface area contributed by atoms with Gasteiger partial charge in [0.2, 0.25) is 0 Å². The molecule has 0 spiro atoms. The third-order valence-corrected chi connectivity index (χ3v) is 12.5. The molecule has 0 saturated heterocycles. The standard InChI is InChI=1S/C59H38N2/c1-5-17-39(18-6-1)51-35-43(52-37-54-55-38-60-34-33-56(55)61(44-23-11-4-12-24-44)59(54)50-28-16-13-25-46(50)52)29-31-45(51)42-30-32-49-53(36-42)58(41-21-9-3-10-22-41)48-27-15-14-26-47(48)57(49)40-19-7-2-8-20-40/h1-38H. The zero-order valence-corrected chi connectivity index (χ0v) is 33.3. The topological polar surface area (TPSA) is 17.8 Å². The van der Waals surface area contributed by atoms with Crippen molar-refractivity contribution in [2.45, 2.75) is 0 Å². The molecule has 2 aromatic heterocycles. The van der Waals surface area contributed by atoms with E-state index in [0.29, 0.717) is 0 Å². The van der Waals surface area contributed by atoms with Crippen molar-refractivity contribution in [3.63, 3.8) is 0 Å². The molecule has 0 saturated carbocycles. The SMILES string of the molecule is c1ccc(-c2cc(-c3cc4c5cnccc5n(-c5ccccc5)c4c4ccccc34)ccc2-c2ccc3c(-c4ccccc4)c4ccccc4c(-c4ccccc4)c3c2)cc1. The van der Waals surface area contributed by atoms with Crippen LogP contribution < -0.4 is 0 Å². The Morgan fingerprint density at radius 2 is 0.820 bits per heavy atom. The summed E-state index contributed by atoms with van der Waals surface area (Å²) in [6.45, 7) is 0. The molecule has 10 aromatic carbocycles. The van der Waals surface area contributed by atoms with Crippen molar-refractivity contribution in [2.75, 3.05) is 0 Å². The van der Waals surface area contributed by atoms with E-state index in [1.807, 2.05) is 12.4 Å². The molecule has 0 amide bonds. The van der Waals surface area contributed by atoms with Gasteiger partial charge >= 0.3 is 0 Å². The fraction of sp³-hybridized carbons (Fsp3) is 0. The summed E-state index contributed by atoms with van der Waals surface area (Å²) >= 11 is 0. The van der Waals surface area contributed by atoms with E-state index in [9.17, 15) is 0 Å². The van der Waals surface area contributed by atoms with Crippen LogP contribution in [0.15, 0.2) is 231 Å². The average molecular weight is 775 g/mol. The Morgan fingerprint density at radius 1 is 0.295 bits per heavy atom. The molecule has 61 heavy (non-hydrogen) atoms. The highest BCUT2D eigenvalue weighted by Gasteiger charge is 2.21. The van der Waals surface area contributed by atoms with Gasteiger partial charge in [0.1, 0.15) is 0 Å². The summed E-state index contributed by atoms with van der Waals surface area (Å²) < 4.78 is 2.40. The second-order valence-corrected chi connectivity index (χ2v) is 15.8. The second kappa shape index (κ2) is 14.3. The van der Waals surface area contributed by atoms with Crippen molar-refractivity contribution < 1.29 is 0 Å². The van der Waals surface area contributed by atoms with E-state index in [0.717, 1.165) is 16.6 Å². The fourth-order valence-corrected chi connectivity index (χ4v) is 9.80. The molecule has 0 aliphatic heterocycles. The minimum Gasteiger partial charge on any atom is -0.309 e. The van der Waals surface area contributed by atoms with Crippen LogP contribution in [0.5, 0.6) is 0 Å². The van der Waals surface area contributed by atoms with E-state index in [1.54, 1.807) is 0 Å². The summed E-state index contributed by atoms with van der Waals surface area (Å²) in [7, 11) is 0. The normalized spacial score (nSPS) is 11.6. The van der Waals surface area contributed by atoms with E-state index in [2.05, 4.69) is 228 Å². The molecule has 12 aromatic rings. The summed E-state index contributed by atoms with van der Waals surface area (Å²) in [6, 6.07) is 79.7. The zero-order chi connectivity index (χ0) is 40.3. The molecule has 284 valence electrons. The van der Waals surface area contributed by atoms with Gasteiger partial charge in [0.15, 0.2) is 0 Å². The molecule has 0 aliphatic rings. The lowest BCUT2D eigenvalue weighted by Crippen LogP contribution is -1.95. The molecular weight excluding hydrogens is 737 g/mol. The summed E-state index contributed by atoms with van der Waals surface area (Å²) in [5, 5.41) is 9.75. The highest BCUT2D eigenvalue weighted by molar-refractivity contribution is 6.23. The van der Waals surface area contributed by atoms with Crippen LogP contribution in [0.4, 0.5) is 0 Å². The number of para-hydroxylation sites is 1. The van der Waals surface area contributed by atoms with Crippen LogP contribution in [0.2, 0.25) is 0 Å². The van der Waals surface area contributed by atoms with Gasteiger partial charge in [-0.1, -0.05) is 182 Å². The van der Waals surface area contributed by atoms with Crippen molar-refractivity contribution in [1.82, 2.24) is 9.55 Å². The van der Waals surface area contributed by atoms with Gasteiger partial charge in [-0.3, -0.25) is 4.98 Å². The highest BCUT2D eigenvalue weighted by Crippen LogP contribution is 2.47. The number of pyridine rings is 1. The first kappa shape index (κ1) is 34.9. The average Bonchev–Trinajstić information content (AvgIpc) is 3.68. The van der Waals surface area contributed by atoms with Gasteiger partial charge in [0.25, 0.3) is 0 Å². The third kappa shape index (κ3) is 5.68. The largest absolute Gasteiger partial charge is 0.309 e. The molecule has 0 N–H and O–H groups in total. The van der Waals surface area contributed by atoms with E-state index in [4.69, 9.17) is 0 Å². The summed E-state index contributed by atoms with van der Waals surface area (Å²) in [5.41, 5.74) is 15.6. The van der Waals surface area contributed by atoms with Crippen LogP contribution in [0.25, 0.3) is 115 Å². The number of hydrogen-bond acceptors (Lipinski definition) is 1.